The van der Waals surface area contributed by atoms with Crippen LogP contribution in [0.5, 0.6) is 0 Å². The summed E-state index contributed by atoms with van der Waals surface area (Å²) in [5.41, 5.74) is 0. The van der Waals surface area contributed by atoms with E-state index >= 15 is 0 Å². The molecule has 2 aliphatic rings. The van der Waals surface area contributed by atoms with Crippen LogP contribution in [0.25, 0.3) is 0 Å². The second kappa shape index (κ2) is 1.49. The van der Waals surface area contributed by atoms with Crippen molar-refractivity contribution in [3.8, 4) is 0 Å². The van der Waals surface area contributed by atoms with E-state index in [-0.39, 0.29) is 0 Å². The first-order chi connectivity index (χ1) is 3.86. The third-order valence-electron chi connectivity index (χ3n) is 3.09. The van der Waals surface area contributed by atoms with Crippen molar-refractivity contribution < 1.29 is 0 Å². The van der Waals surface area contributed by atoms with Gasteiger partial charge in [0.15, 0.2) is 0 Å². The summed E-state index contributed by atoms with van der Waals surface area (Å²) in [5.74, 6) is 3.36. The molecule has 0 radical (unpaired) electrons. The molecule has 2 unspecified atom stereocenters. The van der Waals surface area contributed by atoms with Crippen LogP contribution in [-0.2, 0) is 0 Å². The number of hydrogen-bond donors (Lipinski definition) is 0. The molecule has 0 nitrogen and oxygen atoms in total. The lowest BCUT2D eigenvalue weighted by Gasteiger charge is -2.15. The minimum atomic E-state index is 1.08. The van der Waals surface area contributed by atoms with E-state index < -0.39 is 0 Å². The van der Waals surface area contributed by atoms with E-state index in [1.165, 1.54) is 0 Å². The highest BCUT2D eigenvalue weighted by Crippen LogP contribution is 2.47. The van der Waals surface area contributed by atoms with Gasteiger partial charge < -0.3 is 0 Å². The number of fused-ring (bicyclic) bond motifs is 2. The highest BCUT2D eigenvalue weighted by molar-refractivity contribution is 4.87. The molecule has 0 aromatic rings. The normalized spacial score (nSPS) is 52.9. The van der Waals surface area contributed by atoms with E-state index in [1.807, 2.05) is 0 Å². The van der Waals surface area contributed by atoms with Crippen LogP contribution in [0, 0.1) is 17.8 Å². The molecule has 0 heteroatoms. The fourth-order valence-corrected chi connectivity index (χ4v) is 2.56. The molecule has 3 atom stereocenters. The molecule has 0 heterocycles. The van der Waals surface area contributed by atoms with Gasteiger partial charge in [0.1, 0.15) is 0 Å². The van der Waals surface area contributed by atoms with Crippen LogP contribution in [0.2, 0.25) is 0 Å². The van der Waals surface area contributed by atoms with E-state index in [1.54, 1.807) is 25.7 Å². The highest BCUT2D eigenvalue weighted by Gasteiger charge is 2.36. The predicted molar refractivity (Wildman–Crippen MR) is 34.6 cm³/mol. The Morgan fingerprint density at radius 3 is 2.25 bits per heavy atom. The molecule has 0 aliphatic heterocycles. The molecule has 8 heavy (non-hydrogen) atoms. The Kier molecular flexibility index (Phi) is 0.902. The van der Waals surface area contributed by atoms with Crippen molar-refractivity contribution >= 4 is 0 Å². The molecular weight excluding hydrogens is 96.1 g/mol. The molecule has 0 saturated heterocycles. The van der Waals surface area contributed by atoms with E-state index in [0.717, 1.165) is 17.8 Å². The van der Waals surface area contributed by atoms with Gasteiger partial charge in [-0.2, -0.15) is 0 Å². The first-order valence-corrected chi connectivity index (χ1v) is 3.86. The topological polar surface area (TPSA) is 0 Å². The van der Waals surface area contributed by atoms with Crippen molar-refractivity contribution in [1.82, 2.24) is 0 Å². The van der Waals surface area contributed by atoms with Crippen molar-refractivity contribution in [2.45, 2.75) is 32.6 Å². The standard InChI is InChI=1S/C8H14/c1-6-4-7-2-3-8(6)5-7/h6-8H,2-5H2,1H3/t6-,7?,8?/m1/s1. The first kappa shape index (κ1) is 4.84. The molecular formula is C8H14. The van der Waals surface area contributed by atoms with Crippen molar-refractivity contribution in [3.05, 3.63) is 0 Å². The summed E-state index contributed by atoms with van der Waals surface area (Å²) in [7, 11) is 0. The maximum Gasteiger partial charge on any atom is -0.0386 e. The van der Waals surface area contributed by atoms with Gasteiger partial charge in [0.05, 0.1) is 0 Å². The zero-order valence-corrected chi connectivity index (χ0v) is 5.56. The Labute approximate surface area is 51.3 Å². The van der Waals surface area contributed by atoms with E-state index in [4.69, 9.17) is 0 Å². The fourth-order valence-electron chi connectivity index (χ4n) is 2.56. The van der Waals surface area contributed by atoms with E-state index in [0.29, 0.717) is 0 Å². The first-order valence-electron chi connectivity index (χ1n) is 3.86. The summed E-state index contributed by atoms with van der Waals surface area (Å²) in [6.07, 6.45) is 6.21. The summed E-state index contributed by atoms with van der Waals surface area (Å²) < 4.78 is 0. The van der Waals surface area contributed by atoms with Crippen molar-refractivity contribution in [1.29, 1.82) is 0 Å². The minimum absolute atomic E-state index is 1.08. The molecule has 46 valence electrons. The van der Waals surface area contributed by atoms with Gasteiger partial charge in [-0.25, -0.2) is 0 Å². The van der Waals surface area contributed by atoms with Crippen molar-refractivity contribution in [3.63, 3.8) is 0 Å². The van der Waals surface area contributed by atoms with E-state index in [2.05, 4.69) is 6.92 Å². The summed E-state index contributed by atoms with van der Waals surface area (Å²) in [6, 6.07) is 0. The molecule has 0 aromatic carbocycles. The third kappa shape index (κ3) is 0.519. The predicted octanol–water partition coefficient (Wildman–Crippen LogP) is 2.44. The molecule has 0 aromatic heterocycles. The second-order valence-electron chi connectivity index (χ2n) is 3.65. The molecule has 2 bridgehead atoms. The van der Waals surface area contributed by atoms with Crippen molar-refractivity contribution in [2.75, 3.05) is 0 Å². The lowest BCUT2D eigenvalue weighted by molar-refractivity contribution is 0.360. The van der Waals surface area contributed by atoms with Gasteiger partial charge in [-0.05, 0) is 37.0 Å². The maximum atomic E-state index is 2.42. The van der Waals surface area contributed by atoms with Gasteiger partial charge in [0.25, 0.3) is 0 Å². The van der Waals surface area contributed by atoms with Crippen LogP contribution in [0.15, 0.2) is 0 Å². The van der Waals surface area contributed by atoms with Gasteiger partial charge >= 0.3 is 0 Å². The van der Waals surface area contributed by atoms with Gasteiger partial charge in [0, 0.05) is 0 Å². The van der Waals surface area contributed by atoms with Crippen LogP contribution >= 0.6 is 0 Å². The molecule has 0 spiro atoms. The lowest BCUT2D eigenvalue weighted by Crippen LogP contribution is -2.04. The molecule has 0 N–H and O–H groups in total. The van der Waals surface area contributed by atoms with E-state index in [9.17, 15) is 0 Å². The Morgan fingerprint density at radius 1 is 1.12 bits per heavy atom. The Morgan fingerprint density at radius 2 is 2.00 bits per heavy atom. The third-order valence-corrected chi connectivity index (χ3v) is 3.09. The fraction of sp³-hybridized carbons (Fsp3) is 1.00. The molecule has 2 fully saturated rings. The minimum Gasteiger partial charge on any atom is -0.0622 e. The zero-order chi connectivity index (χ0) is 5.56. The Bertz CT molecular complexity index is 94.2. The van der Waals surface area contributed by atoms with Gasteiger partial charge in [0.2, 0.25) is 0 Å². The Hall–Kier alpha value is 0. The number of hydrogen-bond acceptors (Lipinski definition) is 0. The summed E-state index contributed by atoms with van der Waals surface area (Å²) in [4.78, 5) is 0. The summed E-state index contributed by atoms with van der Waals surface area (Å²) >= 11 is 0. The van der Waals surface area contributed by atoms with Crippen LogP contribution < -0.4 is 0 Å². The zero-order valence-electron chi connectivity index (χ0n) is 5.56. The average molecular weight is 110 g/mol. The summed E-state index contributed by atoms with van der Waals surface area (Å²) in [5, 5.41) is 0. The van der Waals surface area contributed by atoms with Crippen LogP contribution in [0.4, 0.5) is 0 Å². The Balaban J connectivity index is 2.11. The van der Waals surface area contributed by atoms with Gasteiger partial charge in [-0.1, -0.05) is 13.3 Å². The second-order valence-corrected chi connectivity index (χ2v) is 3.65. The smallest absolute Gasteiger partial charge is 0.0386 e. The quantitative estimate of drug-likeness (QED) is 0.449. The van der Waals surface area contributed by atoms with Crippen LogP contribution in [-0.4, -0.2) is 0 Å². The van der Waals surface area contributed by atoms with Gasteiger partial charge in [-0.15, -0.1) is 0 Å². The lowest BCUT2D eigenvalue weighted by atomic mass is 9.91. The van der Waals surface area contributed by atoms with Crippen LogP contribution in [0.1, 0.15) is 32.6 Å². The van der Waals surface area contributed by atoms with Gasteiger partial charge in [-0.3, -0.25) is 0 Å². The van der Waals surface area contributed by atoms with Crippen molar-refractivity contribution in [2.24, 2.45) is 17.8 Å². The molecule has 2 aliphatic carbocycles. The SMILES string of the molecule is C[C@@H]1CC2CCC1C2. The molecule has 2 rings (SSSR count). The highest BCUT2D eigenvalue weighted by atomic mass is 14.4. The maximum absolute atomic E-state index is 2.42. The average Bonchev–Trinajstić information content (AvgIpc) is 2.23. The summed E-state index contributed by atoms with van der Waals surface area (Å²) in [6.45, 7) is 2.42. The number of rotatable bonds is 0. The molecule has 0 amide bonds. The monoisotopic (exact) mass is 110 g/mol. The largest absolute Gasteiger partial charge is 0.0622 e. The molecule has 2 saturated carbocycles. The van der Waals surface area contributed by atoms with Crippen LogP contribution in [0.3, 0.4) is 0 Å².